The molecule has 13 nitrogen and oxygen atoms in total. The number of nitrogens with zero attached hydrogens (tertiary/aromatic N) is 4. The summed E-state index contributed by atoms with van der Waals surface area (Å²) in [6, 6.07) is 8.45. The molecular weight excluding hydrogens is 610 g/mol. The van der Waals surface area contributed by atoms with E-state index in [-0.39, 0.29) is 27.7 Å². The molecule has 1 aromatic heterocycles. The van der Waals surface area contributed by atoms with Crippen molar-refractivity contribution in [2.45, 2.75) is 50.4 Å². The normalized spacial score (nSPS) is 13.4. The molecule has 236 valence electrons. The lowest BCUT2D eigenvalue weighted by molar-refractivity contribution is -0.384. The Labute approximate surface area is 265 Å². The molecule has 3 aromatic rings. The van der Waals surface area contributed by atoms with Crippen molar-refractivity contribution in [3.05, 3.63) is 51.7 Å². The number of hydrogen-bond donors (Lipinski definition) is 3. The fraction of sp³-hybridized carbons (Fsp3) is 0.414. The number of thioether (sulfide) groups is 1. The molecule has 1 fully saturated rings. The Morgan fingerprint density at radius 1 is 1.16 bits per heavy atom. The van der Waals surface area contributed by atoms with E-state index >= 15 is 0 Å². The largest absolute Gasteiger partial charge is 0.494 e. The van der Waals surface area contributed by atoms with E-state index in [0.717, 1.165) is 4.90 Å². The average molecular weight is 646 g/mol. The minimum atomic E-state index is -0.650. The van der Waals surface area contributed by atoms with Gasteiger partial charge in [0.15, 0.2) is 5.82 Å². The number of anilines is 6. The number of aromatic nitrogens is 2. The van der Waals surface area contributed by atoms with E-state index in [9.17, 15) is 14.9 Å². The lowest BCUT2D eigenvalue weighted by Gasteiger charge is -2.29. The number of benzene rings is 2. The van der Waals surface area contributed by atoms with Crippen molar-refractivity contribution in [2.24, 2.45) is 0 Å². The van der Waals surface area contributed by atoms with Gasteiger partial charge in [-0.05, 0) is 39.0 Å². The van der Waals surface area contributed by atoms with E-state index in [1.165, 1.54) is 19.4 Å². The first-order valence-corrected chi connectivity index (χ1v) is 15.1. The van der Waals surface area contributed by atoms with E-state index in [1.54, 1.807) is 50.7 Å². The van der Waals surface area contributed by atoms with Crippen molar-refractivity contribution in [3.8, 4) is 5.75 Å². The Morgan fingerprint density at radius 3 is 2.52 bits per heavy atom. The van der Waals surface area contributed by atoms with Crippen LogP contribution in [0.5, 0.6) is 5.75 Å². The Kier molecular flexibility index (Phi) is 10.6. The first kappa shape index (κ1) is 32.9. The van der Waals surface area contributed by atoms with Gasteiger partial charge in [0.05, 0.1) is 42.8 Å². The number of methoxy groups -OCH3 is 1. The number of halogens is 1. The second-order valence-corrected chi connectivity index (χ2v) is 13.1. The summed E-state index contributed by atoms with van der Waals surface area (Å²) in [4.78, 5) is 35.6. The molecule has 3 N–H and O–H groups in total. The molecule has 1 aliphatic heterocycles. The first-order valence-electron chi connectivity index (χ1n) is 13.9. The molecule has 0 unspecified atom stereocenters. The van der Waals surface area contributed by atoms with Crippen LogP contribution in [0.1, 0.15) is 34.6 Å². The van der Waals surface area contributed by atoms with Crippen molar-refractivity contribution in [1.29, 1.82) is 0 Å². The standard InChI is InChI=1S/C29H36ClN7O6S/c1-17(2)44-25-8-7-18(32-28(38)43-29(3,4)5)13-21(25)33-26-19(30)16-31-27(35-26)34-20-14-23(37(39)40)22(15-24(20)41-6)36-9-11-42-12-10-36/h7-8,13-17H,9-12H2,1-6H3,(H,32,38)(H2,31,33,34,35). The summed E-state index contributed by atoms with van der Waals surface area (Å²) in [7, 11) is 1.48. The van der Waals surface area contributed by atoms with Gasteiger partial charge < -0.3 is 29.7 Å². The Bertz CT molecular complexity index is 1510. The topological polar surface area (TPSA) is 153 Å². The van der Waals surface area contributed by atoms with E-state index in [1.807, 2.05) is 11.0 Å². The second-order valence-electron chi connectivity index (χ2n) is 11.0. The number of rotatable bonds is 10. The lowest BCUT2D eigenvalue weighted by Crippen LogP contribution is -2.36. The summed E-state index contributed by atoms with van der Waals surface area (Å²) in [6.07, 6.45) is 0.835. The summed E-state index contributed by atoms with van der Waals surface area (Å²) in [5, 5.41) is 21.6. The van der Waals surface area contributed by atoms with Gasteiger partial charge in [0.2, 0.25) is 5.95 Å². The molecule has 44 heavy (non-hydrogen) atoms. The SMILES string of the molecule is COc1cc(N2CCOCC2)c([N+](=O)[O-])cc1Nc1ncc(Cl)c(Nc2cc(NC(=O)OC(C)(C)C)ccc2SC(C)C)n1. The average Bonchev–Trinajstić information content (AvgIpc) is 2.95. The van der Waals surface area contributed by atoms with Crippen LogP contribution in [0.15, 0.2) is 41.4 Å². The van der Waals surface area contributed by atoms with Gasteiger partial charge >= 0.3 is 6.09 Å². The molecule has 0 saturated carbocycles. The molecule has 4 rings (SSSR count). The van der Waals surface area contributed by atoms with E-state index < -0.39 is 16.6 Å². The number of amides is 1. The van der Waals surface area contributed by atoms with Gasteiger partial charge in [0.25, 0.3) is 5.69 Å². The highest BCUT2D eigenvalue weighted by Gasteiger charge is 2.25. The zero-order valence-corrected chi connectivity index (χ0v) is 27.0. The molecule has 0 aliphatic carbocycles. The number of nitro groups is 1. The maximum atomic E-state index is 12.4. The zero-order valence-electron chi connectivity index (χ0n) is 25.4. The minimum absolute atomic E-state index is 0.0906. The highest BCUT2D eigenvalue weighted by atomic mass is 35.5. The summed E-state index contributed by atoms with van der Waals surface area (Å²) >= 11 is 8.11. The third-order valence-electron chi connectivity index (χ3n) is 6.08. The van der Waals surface area contributed by atoms with Crippen LogP contribution in [0.2, 0.25) is 5.02 Å². The summed E-state index contributed by atoms with van der Waals surface area (Å²) in [5.74, 6) is 0.786. The Morgan fingerprint density at radius 2 is 1.89 bits per heavy atom. The molecule has 2 aromatic carbocycles. The second kappa shape index (κ2) is 14.2. The van der Waals surface area contributed by atoms with Crippen LogP contribution in [0.25, 0.3) is 0 Å². The molecule has 0 spiro atoms. The molecule has 0 atom stereocenters. The maximum Gasteiger partial charge on any atom is 0.412 e. The van der Waals surface area contributed by atoms with Gasteiger partial charge in [-0.1, -0.05) is 25.4 Å². The molecular formula is C29H36ClN7O6S. The van der Waals surface area contributed by atoms with Crippen LogP contribution in [-0.4, -0.2) is 65.2 Å². The highest BCUT2D eigenvalue weighted by Crippen LogP contribution is 2.40. The van der Waals surface area contributed by atoms with Crippen LogP contribution in [0, 0.1) is 10.1 Å². The monoisotopic (exact) mass is 645 g/mol. The maximum absolute atomic E-state index is 12.4. The third kappa shape index (κ3) is 8.77. The van der Waals surface area contributed by atoms with Gasteiger partial charge in [0, 0.05) is 41.1 Å². The number of nitro benzene ring substituents is 1. The molecule has 1 saturated heterocycles. The van der Waals surface area contributed by atoms with Gasteiger partial charge in [-0.15, -0.1) is 11.8 Å². The van der Waals surface area contributed by atoms with Crippen LogP contribution in [0.3, 0.4) is 0 Å². The molecule has 15 heteroatoms. The van der Waals surface area contributed by atoms with Crippen molar-refractivity contribution < 1.29 is 23.9 Å². The number of carbonyl (C=O) groups is 1. The Hall–Kier alpha value is -4.01. The van der Waals surface area contributed by atoms with E-state index in [4.69, 9.17) is 25.8 Å². The van der Waals surface area contributed by atoms with Gasteiger partial charge in [-0.2, -0.15) is 4.98 Å². The number of carbonyl (C=O) groups excluding carboxylic acids is 1. The van der Waals surface area contributed by atoms with Gasteiger partial charge in [-0.3, -0.25) is 15.4 Å². The molecule has 0 radical (unpaired) electrons. The van der Waals surface area contributed by atoms with Crippen LogP contribution in [-0.2, 0) is 9.47 Å². The number of ether oxygens (including phenoxy) is 3. The minimum Gasteiger partial charge on any atom is -0.494 e. The number of morpholine rings is 1. The van der Waals surface area contributed by atoms with Crippen molar-refractivity contribution in [3.63, 3.8) is 0 Å². The number of nitrogens with one attached hydrogen (secondary N) is 3. The quantitative estimate of drug-likeness (QED) is 0.116. The van der Waals surface area contributed by atoms with Crippen LogP contribution < -0.4 is 25.6 Å². The zero-order chi connectivity index (χ0) is 32.0. The fourth-order valence-electron chi connectivity index (χ4n) is 4.27. The molecule has 1 amide bonds. The predicted molar refractivity (Wildman–Crippen MR) is 174 cm³/mol. The molecule has 2 heterocycles. The molecule has 1 aliphatic rings. The van der Waals surface area contributed by atoms with Crippen molar-refractivity contribution >= 4 is 69.7 Å². The Balaban J connectivity index is 1.64. The highest BCUT2D eigenvalue weighted by molar-refractivity contribution is 8.00. The summed E-state index contributed by atoms with van der Waals surface area (Å²) in [6.45, 7) is 11.5. The van der Waals surface area contributed by atoms with Gasteiger partial charge in [0.1, 0.15) is 22.1 Å². The third-order valence-corrected chi connectivity index (χ3v) is 7.43. The van der Waals surface area contributed by atoms with E-state index in [0.29, 0.717) is 54.8 Å². The first-order chi connectivity index (χ1) is 20.8. The van der Waals surface area contributed by atoms with E-state index in [2.05, 4.69) is 39.8 Å². The predicted octanol–water partition coefficient (Wildman–Crippen LogP) is 7.22. The smallest absolute Gasteiger partial charge is 0.412 e. The molecule has 0 bridgehead atoms. The summed E-state index contributed by atoms with van der Waals surface area (Å²) in [5.41, 5.74) is 1.16. The van der Waals surface area contributed by atoms with Crippen LogP contribution in [0.4, 0.5) is 45.0 Å². The fourth-order valence-corrected chi connectivity index (χ4v) is 5.30. The van der Waals surface area contributed by atoms with Crippen molar-refractivity contribution in [2.75, 3.05) is 54.3 Å². The van der Waals surface area contributed by atoms with Gasteiger partial charge in [-0.25, -0.2) is 9.78 Å². The summed E-state index contributed by atoms with van der Waals surface area (Å²) < 4.78 is 16.4. The number of hydrogen-bond acceptors (Lipinski definition) is 12. The van der Waals surface area contributed by atoms with Crippen LogP contribution >= 0.6 is 23.4 Å². The van der Waals surface area contributed by atoms with Crippen molar-refractivity contribution in [1.82, 2.24) is 9.97 Å². The lowest BCUT2D eigenvalue weighted by atomic mass is 10.2.